The highest BCUT2D eigenvalue weighted by atomic mass is 79.9. The first-order valence-electron chi connectivity index (χ1n) is 9.54. The van der Waals surface area contributed by atoms with Crippen molar-refractivity contribution in [3.05, 3.63) is 106 Å². The number of benzene rings is 4. The van der Waals surface area contributed by atoms with Gasteiger partial charge in [0.2, 0.25) is 0 Å². The summed E-state index contributed by atoms with van der Waals surface area (Å²) in [5.41, 5.74) is 2.23. The maximum Gasteiger partial charge on any atom is 0.335 e. The summed E-state index contributed by atoms with van der Waals surface area (Å²) in [5, 5.41) is 13.7. The summed E-state index contributed by atoms with van der Waals surface area (Å²) in [7, 11) is 0. The van der Waals surface area contributed by atoms with Gasteiger partial charge >= 0.3 is 5.97 Å². The molecule has 5 nitrogen and oxygen atoms in total. The van der Waals surface area contributed by atoms with Gasteiger partial charge in [0.25, 0.3) is 5.91 Å². The van der Waals surface area contributed by atoms with Crippen molar-refractivity contribution in [2.75, 3.05) is 5.32 Å². The summed E-state index contributed by atoms with van der Waals surface area (Å²) >= 11 is 3.43. The van der Waals surface area contributed by atoms with Crippen LogP contribution in [0.3, 0.4) is 0 Å². The third kappa shape index (κ3) is 4.92. The zero-order valence-corrected chi connectivity index (χ0v) is 17.9. The number of carbonyl (C=O) groups is 2. The molecule has 0 saturated heterocycles. The van der Waals surface area contributed by atoms with E-state index in [9.17, 15) is 9.59 Å². The summed E-state index contributed by atoms with van der Waals surface area (Å²) in [5.74, 6) is -0.568. The van der Waals surface area contributed by atoms with E-state index in [0.717, 1.165) is 26.6 Å². The van der Waals surface area contributed by atoms with Crippen LogP contribution in [-0.2, 0) is 6.61 Å². The first-order valence-corrected chi connectivity index (χ1v) is 10.3. The van der Waals surface area contributed by atoms with Crippen LogP contribution in [0.15, 0.2) is 89.4 Å². The molecule has 0 radical (unpaired) electrons. The van der Waals surface area contributed by atoms with Gasteiger partial charge in [-0.1, -0.05) is 40.2 Å². The van der Waals surface area contributed by atoms with Crippen LogP contribution in [0.1, 0.15) is 26.3 Å². The standard InChI is InChI=1S/C25H18BrNO4/c26-20-10-4-16(5-11-20)15-31-23-3-1-2-19-14-21(12-13-22(19)23)27-24(28)17-6-8-18(9-7-17)25(29)30/h1-14H,15H2,(H,27,28)(H,29,30). The molecule has 0 fully saturated rings. The van der Waals surface area contributed by atoms with E-state index in [0.29, 0.717) is 17.9 Å². The smallest absolute Gasteiger partial charge is 0.335 e. The van der Waals surface area contributed by atoms with Crippen LogP contribution in [0.5, 0.6) is 5.75 Å². The largest absolute Gasteiger partial charge is 0.488 e. The summed E-state index contributed by atoms with van der Waals surface area (Å²) in [6, 6.07) is 25.2. The monoisotopic (exact) mass is 475 g/mol. The topological polar surface area (TPSA) is 75.6 Å². The van der Waals surface area contributed by atoms with Crippen LogP contribution in [0.4, 0.5) is 5.69 Å². The molecule has 0 aliphatic carbocycles. The molecule has 0 bridgehead atoms. The summed E-state index contributed by atoms with van der Waals surface area (Å²) in [6.45, 7) is 0.456. The zero-order chi connectivity index (χ0) is 21.8. The third-order valence-corrected chi connectivity index (χ3v) is 5.33. The molecule has 0 aliphatic rings. The molecule has 0 heterocycles. The van der Waals surface area contributed by atoms with Gasteiger partial charge in [-0.2, -0.15) is 0 Å². The van der Waals surface area contributed by atoms with E-state index in [1.807, 2.05) is 60.7 Å². The molecule has 31 heavy (non-hydrogen) atoms. The molecule has 1 amide bonds. The first kappa shape index (κ1) is 20.6. The normalized spacial score (nSPS) is 10.6. The average molecular weight is 476 g/mol. The molecular weight excluding hydrogens is 458 g/mol. The highest BCUT2D eigenvalue weighted by Crippen LogP contribution is 2.29. The molecule has 0 aromatic heterocycles. The van der Waals surface area contributed by atoms with Crippen molar-refractivity contribution >= 4 is 44.3 Å². The number of rotatable bonds is 6. The van der Waals surface area contributed by atoms with Gasteiger partial charge in [-0.15, -0.1) is 0 Å². The van der Waals surface area contributed by atoms with Crippen molar-refractivity contribution < 1.29 is 19.4 Å². The molecule has 6 heteroatoms. The lowest BCUT2D eigenvalue weighted by molar-refractivity contribution is 0.0696. The van der Waals surface area contributed by atoms with Crippen molar-refractivity contribution in [2.24, 2.45) is 0 Å². The minimum Gasteiger partial charge on any atom is -0.488 e. The van der Waals surface area contributed by atoms with Gasteiger partial charge in [0.05, 0.1) is 5.56 Å². The van der Waals surface area contributed by atoms with Gasteiger partial charge in [0.15, 0.2) is 0 Å². The maximum atomic E-state index is 12.5. The Morgan fingerprint density at radius 2 is 1.58 bits per heavy atom. The Morgan fingerprint density at radius 3 is 2.29 bits per heavy atom. The number of carbonyl (C=O) groups excluding carboxylic acids is 1. The quantitative estimate of drug-likeness (QED) is 0.351. The fourth-order valence-corrected chi connectivity index (χ4v) is 3.43. The lowest BCUT2D eigenvalue weighted by atomic mass is 10.1. The highest BCUT2D eigenvalue weighted by molar-refractivity contribution is 9.10. The Balaban J connectivity index is 1.49. The summed E-state index contributed by atoms with van der Waals surface area (Å²) in [4.78, 5) is 23.4. The van der Waals surface area contributed by atoms with Crippen LogP contribution in [0.25, 0.3) is 10.8 Å². The summed E-state index contributed by atoms with van der Waals surface area (Å²) in [6.07, 6.45) is 0. The van der Waals surface area contributed by atoms with E-state index in [2.05, 4.69) is 21.2 Å². The summed E-state index contributed by atoms with van der Waals surface area (Å²) < 4.78 is 7.04. The molecule has 0 aliphatic heterocycles. The predicted molar refractivity (Wildman–Crippen MR) is 124 cm³/mol. The van der Waals surface area contributed by atoms with Gasteiger partial charge in [-0.25, -0.2) is 4.79 Å². The van der Waals surface area contributed by atoms with E-state index in [1.165, 1.54) is 24.3 Å². The number of amides is 1. The number of carboxylic acid groups (broad SMARTS) is 1. The van der Waals surface area contributed by atoms with Crippen LogP contribution in [0, 0.1) is 0 Å². The van der Waals surface area contributed by atoms with Crippen molar-refractivity contribution in [3.63, 3.8) is 0 Å². The van der Waals surface area contributed by atoms with Gasteiger partial charge in [-0.05, 0) is 71.6 Å². The van der Waals surface area contributed by atoms with Crippen molar-refractivity contribution in [1.82, 2.24) is 0 Å². The molecule has 0 spiro atoms. The van der Waals surface area contributed by atoms with Crippen LogP contribution in [-0.4, -0.2) is 17.0 Å². The number of hydrogen-bond donors (Lipinski definition) is 2. The third-order valence-electron chi connectivity index (χ3n) is 4.80. The number of fused-ring (bicyclic) bond motifs is 1. The second-order valence-corrected chi connectivity index (χ2v) is 7.86. The molecule has 0 unspecified atom stereocenters. The van der Waals surface area contributed by atoms with E-state index >= 15 is 0 Å². The second kappa shape index (κ2) is 9.02. The Morgan fingerprint density at radius 1 is 0.871 bits per heavy atom. The Labute approximate surface area is 187 Å². The fraction of sp³-hybridized carbons (Fsp3) is 0.0400. The number of halogens is 1. The minimum atomic E-state index is -1.03. The Bertz CT molecular complexity index is 1250. The molecule has 0 saturated carbocycles. The predicted octanol–water partition coefficient (Wildman–Crippen LogP) is 6.13. The SMILES string of the molecule is O=C(O)c1ccc(C(=O)Nc2ccc3c(OCc4ccc(Br)cc4)cccc3c2)cc1. The maximum absolute atomic E-state index is 12.5. The average Bonchev–Trinajstić information content (AvgIpc) is 2.78. The Hall–Kier alpha value is -3.64. The number of hydrogen-bond acceptors (Lipinski definition) is 3. The number of aromatic carboxylic acids is 1. The van der Waals surface area contributed by atoms with E-state index in [-0.39, 0.29) is 11.5 Å². The molecule has 154 valence electrons. The lowest BCUT2D eigenvalue weighted by Crippen LogP contribution is -2.12. The number of ether oxygens (including phenoxy) is 1. The number of nitrogens with one attached hydrogen (secondary N) is 1. The molecule has 0 atom stereocenters. The Kier molecular flexibility index (Phi) is 6.00. The zero-order valence-electron chi connectivity index (χ0n) is 16.3. The first-order chi connectivity index (χ1) is 15.0. The molecule has 4 aromatic rings. The second-order valence-electron chi connectivity index (χ2n) is 6.94. The molecule has 2 N–H and O–H groups in total. The van der Waals surface area contributed by atoms with Crippen molar-refractivity contribution in [1.29, 1.82) is 0 Å². The molecular formula is C25H18BrNO4. The molecule has 4 rings (SSSR count). The minimum absolute atomic E-state index is 0.137. The van der Waals surface area contributed by atoms with Crippen LogP contribution < -0.4 is 10.1 Å². The van der Waals surface area contributed by atoms with Gasteiger partial charge in [0.1, 0.15) is 12.4 Å². The number of anilines is 1. The van der Waals surface area contributed by atoms with Crippen LogP contribution in [0.2, 0.25) is 0 Å². The van der Waals surface area contributed by atoms with E-state index in [4.69, 9.17) is 9.84 Å². The highest BCUT2D eigenvalue weighted by Gasteiger charge is 2.10. The fourth-order valence-electron chi connectivity index (χ4n) is 3.17. The van der Waals surface area contributed by atoms with Gasteiger partial charge < -0.3 is 15.2 Å². The van der Waals surface area contributed by atoms with E-state index in [1.54, 1.807) is 0 Å². The lowest BCUT2D eigenvalue weighted by Gasteiger charge is -2.11. The van der Waals surface area contributed by atoms with Crippen molar-refractivity contribution in [2.45, 2.75) is 6.61 Å². The number of carboxylic acids is 1. The van der Waals surface area contributed by atoms with Crippen molar-refractivity contribution in [3.8, 4) is 5.75 Å². The van der Waals surface area contributed by atoms with Gasteiger partial charge in [-0.3, -0.25) is 4.79 Å². The molecule has 4 aromatic carbocycles. The van der Waals surface area contributed by atoms with E-state index < -0.39 is 5.97 Å². The van der Waals surface area contributed by atoms with Gasteiger partial charge in [0, 0.05) is 21.1 Å². The van der Waals surface area contributed by atoms with Crippen LogP contribution >= 0.6 is 15.9 Å².